The third-order valence-electron chi connectivity index (χ3n) is 6.83. The Bertz CT molecular complexity index is 671. The molecule has 1 aliphatic heterocycles. The van der Waals surface area contributed by atoms with Crippen molar-refractivity contribution in [3.8, 4) is 5.75 Å². The maximum atomic E-state index is 14.0. The van der Waals surface area contributed by atoms with E-state index in [0.29, 0.717) is 11.8 Å². The van der Waals surface area contributed by atoms with Gasteiger partial charge in [0.15, 0.2) is 17.9 Å². The fraction of sp³-hybridized carbons (Fsp3) is 0.727. The number of ether oxygens (including phenoxy) is 3. The molecule has 1 aromatic rings. The lowest BCUT2D eigenvalue weighted by molar-refractivity contribution is -0.275. The molecule has 3 nitrogen and oxygen atoms in total. The predicted octanol–water partition coefficient (Wildman–Crippen LogP) is 6.18. The fourth-order valence-corrected chi connectivity index (χ4v) is 5.21. The first-order valence-electron chi connectivity index (χ1n) is 10.7. The number of hydrogen-bond acceptors (Lipinski definition) is 3. The SMILES string of the molecule is Fc1cc(C2CCC([C@H]3OC[C@H](C4CCCC4)CO3)CC2)ccc1OC(F)(F)F. The Kier molecular flexibility index (Phi) is 6.35. The summed E-state index contributed by atoms with van der Waals surface area (Å²) in [5, 5.41) is 0. The molecule has 162 valence electrons. The first-order valence-corrected chi connectivity index (χ1v) is 10.7. The summed E-state index contributed by atoms with van der Waals surface area (Å²) in [6.07, 6.45) is 3.67. The van der Waals surface area contributed by atoms with Crippen LogP contribution in [0.2, 0.25) is 0 Å². The number of halogens is 4. The van der Waals surface area contributed by atoms with Crippen LogP contribution in [0.3, 0.4) is 0 Å². The van der Waals surface area contributed by atoms with Crippen LogP contribution in [0.25, 0.3) is 0 Å². The van der Waals surface area contributed by atoms with E-state index in [-0.39, 0.29) is 12.2 Å². The molecule has 2 aliphatic carbocycles. The van der Waals surface area contributed by atoms with Crippen LogP contribution in [0.1, 0.15) is 62.8 Å². The Hall–Kier alpha value is -1.34. The monoisotopic (exact) mass is 416 g/mol. The van der Waals surface area contributed by atoms with Gasteiger partial charge in [0, 0.05) is 11.8 Å². The van der Waals surface area contributed by atoms with Crippen molar-refractivity contribution >= 4 is 0 Å². The van der Waals surface area contributed by atoms with Crippen molar-refractivity contribution in [2.45, 2.75) is 69.9 Å². The van der Waals surface area contributed by atoms with Crippen LogP contribution in [-0.2, 0) is 9.47 Å². The zero-order valence-electron chi connectivity index (χ0n) is 16.4. The van der Waals surface area contributed by atoms with Gasteiger partial charge in [-0.05, 0) is 55.2 Å². The summed E-state index contributed by atoms with van der Waals surface area (Å²) in [6, 6.07) is 3.78. The number of hydrogen-bond donors (Lipinski definition) is 0. The lowest BCUT2D eigenvalue weighted by Crippen LogP contribution is -2.40. The zero-order chi connectivity index (χ0) is 20.4. The standard InChI is InChI=1S/C22H28F4O3/c23-19-11-17(9-10-20(19)29-22(24,25)26)15-5-7-16(8-6-15)21-27-12-18(13-28-21)14-3-1-2-4-14/h9-11,14-16,18,21H,1-8,12-13H2/t15?,16?,18-,21-. The molecular weight excluding hydrogens is 388 g/mol. The highest BCUT2D eigenvalue weighted by Gasteiger charge is 2.36. The van der Waals surface area contributed by atoms with Gasteiger partial charge < -0.3 is 14.2 Å². The highest BCUT2D eigenvalue weighted by Crippen LogP contribution is 2.41. The van der Waals surface area contributed by atoms with E-state index in [0.717, 1.165) is 56.4 Å². The molecule has 0 aromatic heterocycles. The molecule has 0 radical (unpaired) electrons. The molecule has 0 atom stereocenters. The quantitative estimate of drug-likeness (QED) is 0.549. The summed E-state index contributed by atoms with van der Waals surface area (Å²) in [7, 11) is 0. The van der Waals surface area contributed by atoms with Crippen molar-refractivity contribution in [3.05, 3.63) is 29.6 Å². The summed E-state index contributed by atoms with van der Waals surface area (Å²) in [6.45, 7) is 1.56. The van der Waals surface area contributed by atoms with E-state index in [1.54, 1.807) is 0 Å². The van der Waals surface area contributed by atoms with Crippen LogP contribution in [0.5, 0.6) is 5.75 Å². The molecule has 0 bridgehead atoms. The van der Waals surface area contributed by atoms with Gasteiger partial charge in [-0.3, -0.25) is 0 Å². The lowest BCUT2D eigenvalue weighted by Gasteiger charge is -2.39. The van der Waals surface area contributed by atoms with Gasteiger partial charge in [-0.1, -0.05) is 31.7 Å². The third kappa shape index (κ3) is 5.23. The van der Waals surface area contributed by atoms with Gasteiger partial charge >= 0.3 is 6.36 Å². The zero-order valence-corrected chi connectivity index (χ0v) is 16.4. The predicted molar refractivity (Wildman–Crippen MR) is 98.9 cm³/mol. The molecule has 0 N–H and O–H groups in total. The van der Waals surface area contributed by atoms with Crippen LogP contribution >= 0.6 is 0 Å². The smallest absolute Gasteiger partial charge is 0.403 e. The van der Waals surface area contributed by atoms with Gasteiger partial charge in [-0.2, -0.15) is 0 Å². The summed E-state index contributed by atoms with van der Waals surface area (Å²) >= 11 is 0. The van der Waals surface area contributed by atoms with Gasteiger partial charge in [-0.15, -0.1) is 13.2 Å². The minimum absolute atomic E-state index is 0.135. The molecule has 2 saturated carbocycles. The Balaban J connectivity index is 1.27. The van der Waals surface area contributed by atoms with E-state index in [1.807, 2.05) is 0 Å². The van der Waals surface area contributed by atoms with E-state index in [1.165, 1.54) is 37.8 Å². The second kappa shape index (κ2) is 8.80. The fourth-order valence-electron chi connectivity index (χ4n) is 5.21. The van der Waals surface area contributed by atoms with Crippen molar-refractivity contribution in [3.63, 3.8) is 0 Å². The maximum absolute atomic E-state index is 14.0. The number of benzene rings is 1. The van der Waals surface area contributed by atoms with E-state index < -0.39 is 17.9 Å². The molecule has 29 heavy (non-hydrogen) atoms. The molecule has 1 heterocycles. The van der Waals surface area contributed by atoms with Gasteiger partial charge in [0.2, 0.25) is 0 Å². The van der Waals surface area contributed by atoms with Crippen LogP contribution in [0, 0.1) is 23.6 Å². The summed E-state index contributed by atoms with van der Waals surface area (Å²) < 4.78 is 66.7. The van der Waals surface area contributed by atoms with E-state index in [9.17, 15) is 17.6 Å². The highest BCUT2D eigenvalue weighted by atomic mass is 19.4. The molecule has 0 amide bonds. The Morgan fingerprint density at radius 3 is 2.07 bits per heavy atom. The molecule has 4 rings (SSSR count). The van der Waals surface area contributed by atoms with Crippen molar-refractivity contribution in [1.82, 2.24) is 0 Å². The largest absolute Gasteiger partial charge is 0.573 e. The number of alkyl halides is 3. The highest BCUT2D eigenvalue weighted by molar-refractivity contribution is 5.31. The maximum Gasteiger partial charge on any atom is 0.573 e. The van der Waals surface area contributed by atoms with Crippen molar-refractivity contribution in [2.24, 2.45) is 17.8 Å². The average molecular weight is 416 g/mol. The third-order valence-corrected chi connectivity index (χ3v) is 6.83. The minimum Gasteiger partial charge on any atom is -0.403 e. The van der Waals surface area contributed by atoms with Crippen LogP contribution < -0.4 is 4.74 Å². The van der Waals surface area contributed by atoms with E-state index >= 15 is 0 Å². The second-order valence-corrected chi connectivity index (χ2v) is 8.69. The summed E-state index contributed by atoms with van der Waals surface area (Å²) in [5.74, 6) is -0.0324. The van der Waals surface area contributed by atoms with E-state index in [2.05, 4.69) is 4.74 Å². The van der Waals surface area contributed by atoms with Gasteiger partial charge in [0.25, 0.3) is 0 Å². The Labute approximate surface area is 168 Å². The Morgan fingerprint density at radius 1 is 0.828 bits per heavy atom. The molecule has 0 spiro atoms. The minimum atomic E-state index is -4.89. The second-order valence-electron chi connectivity index (χ2n) is 8.69. The molecular formula is C22H28F4O3. The molecule has 0 unspecified atom stereocenters. The van der Waals surface area contributed by atoms with Crippen LogP contribution in [0.15, 0.2) is 18.2 Å². The molecule has 1 saturated heterocycles. The number of rotatable bonds is 4. The molecule has 3 aliphatic rings. The van der Waals surface area contributed by atoms with Crippen molar-refractivity contribution in [2.75, 3.05) is 13.2 Å². The molecule has 3 fully saturated rings. The first kappa shape index (κ1) is 20.9. The van der Waals surface area contributed by atoms with Crippen LogP contribution in [0.4, 0.5) is 17.6 Å². The topological polar surface area (TPSA) is 27.7 Å². The van der Waals surface area contributed by atoms with Gasteiger partial charge in [-0.25, -0.2) is 4.39 Å². The molecule has 1 aromatic carbocycles. The van der Waals surface area contributed by atoms with Gasteiger partial charge in [0.1, 0.15) is 0 Å². The van der Waals surface area contributed by atoms with Crippen LogP contribution in [-0.4, -0.2) is 25.9 Å². The Morgan fingerprint density at radius 2 is 1.48 bits per heavy atom. The lowest BCUT2D eigenvalue weighted by atomic mass is 9.78. The summed E-state index contributed by atoms with van der Waals surface area (Å²) in [4.78, 5) is 0. The molecule has 7 heteroatoms. The van der Waals surface area contributed by atoms with E-state index in [4.69, 9.17) is 9.47 Å². The average Bonchev–Trinajstić information content (AvgIpc) is 3.24. The van der Waals surface area contributed by atoms with Crippen molar-refractivity contribution in [1.29, 1.82) is 0 Å². The van der Waals surface area contributed by atoms with Crippen molar-refractivity contribution < 1.29 is 31.8 Å². The normalized spacial score (nSPS) is 31.7. The summed E-state index contributed by atoms with van der Waals surface area (Å²) in [5.41, 5.74) is 0.724. The first-order chi connectivity index (χ1) is 13.9. The van der Waals surface area contributed by atoms with Gasteiger partial charge in [0.05, 0.1) is 13.2 Å².